The number of carbonyl (C=O) groups is 1. The Balaban J connectivity index is 1.93. The van der Waals surface area contributed by atoms with Crippen molar-refractivity contribution in [2.45, 2.75) is 26.2 Å². The van der Waals surface area contributed by atoms with Crippen LogP contribution in [0.1, 0.15) is 29.0 Å². The van der Waals surface area contributed by atoms with E-state index in [0.717, 1.165) is 38.9 Å². The second-order valence-corrected chi connectivity index (χ2v) is 7.00. The lowest BCUT2D eigenvalue weighted by atomic mass is 9.87. The van der Waals surface area contributed by atoms with Gasteiger partial charge in [0.25, 0.3) is 0 Å². The summed E-state index contributed by atoms with van der Waals surface area (Å²) in [4.78, 5) is 17.1. The van der Waals surface area contributed by atoms with Gasteiger partial charge in [0.1, 0.15) is 5.75 Å². The summed E-state index contributed by atoms with van der Waals surface area (Å²) in [6.45, 7) is 4.09. The summed E-state index contributed by atoms with van der Waals surface area (Å²) in [5, 5.41) is 4.76. The van der Waals surface area contributed by atoms with E-state index in [-0.39, 0.29) is 11.8 Å². The molecule has 0 radical (unpaired) electrons. The van der Waals surface area contributed by atoms with E-state index in [4.69, 9.17) is 4.74 Å². The standard InChI is InChI=1S/C23H22N2O2/c1-14-6-8-16(9-7-14)21-12-19-20(13-25-21)18(11-15(2)22(19)27-3)17-5-4-10-24-23(17)26/h4,6-13,17H,5H2,1-3H3,(H,24,26). The van der Waals surface area contributed by atoms with Gasteiger partial charge in [0.05, 0.1) is 18.7 Å². The number of aryl methyl sites for hydroxylation is 2. The monoisotopic (exact) mass is 358 g/mol. The maximum absolute atomic E-state index is 12.4. The highest BCUT2D eigenvalue weighted by atomic mass is 16.5. The first-order chi connectivity index (χ1) is 13.1. The molecule has 0 fully saturated rings. The van der Waals surface area contributed by atoms with Crippen molar-refractivity contribution in [3.8, 4) is 17.0 Å². The Morgan fingerprint density at radius 3 is 2.59 bits per heavy atom. The first-order valence-electron chi connectivity index (χ1n) is 9.08. The molecule has 1 aliphatic heterocycles. The van der Waals surface area contributed by atoms with Crippen molar-refractivity contribution in [2.24, 2.45) is 0 Å². The van der Waals surface area contributed by atoms with Crippen molar-refractivity contribution in [3.63, 3.8) is 0 Å². The van der Waals surface area contributed by atoms with Gasteiger partial charge in [-0.1, -0.05) is 42.0 Å². The maximum Gasteiger partial charge on any atom is 0.231 e. The molecular weight excluding hydrogens is 336 g/mol. The lowest BCUT2D eigenvalue weighted by Gasteiger charge is -2.22. The number of nitrogens with zero attached hydrogens (tertiary/aromatic N) is 1. The molecule has 1 atom stereocenters. The normalized spacial score (nSPS) is 16.4. The van der Waals surface area contributed by atoms with E-state index in [1.54, 1.807) is 13.3 Å². The molecule has 0 saturated carbocycles. The number of carbonyl (C=O) groups excluding carboxylic acids is 1. The number of hydrogen-bond acceptors (Lipinski definition) is 3. The molecule has 2 aromatic carbocycles. The van der Waals surface area contributed by atoms with Crippen molar-refractivity contribution in [1.29, 1.82) is 0 Å². The van der Waals surface area contributed by atoms with Gasteiger partial charge < -0.3 is 10.1 Å². The van der Waals surface area contributed by atoms with E-state index >= 15 is 0 Å². The Kier molecular flexibility index (Phi) is 4.40. The summed E-state index contributed by atoms with van der Waals surface area (Å²) in [6.07, 6.45) is 6.26. The molecule has 1 aromatic heterocycles. The lowest BCUT2D eigenvalue weighted by Crippen LogP contribution is -2.28. The average molecular weight is 358 g/mol. The van der Waals surface area contributed by atoms with Gasteiger partial charge in [0, 0.05) is 22.5 Å². The van der Waals surface area contributed by atoms with E-state index in [9.17, 15) is 4.79 Å². The molecule has 1 unspecified atom stereocenters. The molecule has 0 saturated heterocycles. The van der Waals surface area contributed by atoms with Crippen LogP contribution < -0.4 is 10.1 Å². The van der Waals surface area contributed by atoms with Crippen LogP contribution in [0.15, 0.2) is 54.9 Å². The van der Waals surface area contributed by atoms with Crippen LogP contribution in [0.5, 0.6) is 5.75 Å². The van der Waals surface area contributed by atoms with Crippen LogP contribution in [0.3, 0.4) is 0 Å². The van der Waals surface area contributed by atoms with E-state index in [1.165, 1.54) is 5.56 Å². The van der Waals surface area contributed by atoms with Crippen LogP contribution in [0.2, 0.25) is 0 Å². The minimum atomic E-state index is -0.214. The molecule has 4 heteroatoms. The summed E-state index contributed by atoms with van der Waals surface area (Å²) >= 11 is 0. The van der Waals surface area contributed by atoms with Gasteiger partial charge in [0.2, 0.25) is 5.91 Å². The molecule has 1 amide bonds. The molecule has 4 rings (SSSR count). The second kappa shape index (κ2) is 6.88. The Bertz CT molecular complexity index is 1050. The van der Waals surface area contributed by atoms with Crippen molar-refractivity contribution >= 4 is 16.7 Å². The minimum absolute atomic E-state index is 0.0194. The highest BCUT2D eigenvalue weighted by Gasteiger charge is 2.25. The predicted molar refractivity (Wildman–Crippen MR) is 108 cm³/mol. The zero-order valence-corrected chi connectivity index (χ0v) is 15.7. The number of rotatable bonds is 3. The summed E-state index contributed by atoms with van der Waals surface area (Å²) in [6, 6.07) is 12.4. The third-order valence-electron chi connectivity index (χ3n) is 5.15. The third kappa shape index (κ3) is 3.08. The molecule has 0 bridgehead atoms. The van der Waals surface area contributed by atoms with E-state index in [2.05, 4.69) is 53.6 Å². The summed E-state index contributed by atoms with van der Waals surface area (Å²) < 4.78 is 5.70. The fraction of sp³-hybridized carbons (Fsp3) is 0.217. The Hall–Kier alpha value is -3.14. The van der Waals surface area contributed by atoms with Crippen LogP contribution in [-0.2, 0) is 4.79 Å². The number of pyridine rings is 1. The van der Waals surface area contributed by atoms with Gasteiger partial charge in [-0.25, -0.2) is 0 Å². The number of allylic oxidation sites excluding steroid dienone is 1. The topological polar surface area (TPSA) is 51.2 Å². The number of methoxy groups -OCH3 is 1. The van der Waals surface area contributed by atoms with Crippen molar-refractivity contribution in [2.75, 3.05) is 7.11 Å². The molecule has 27 heavy (non-hydrogen) atoms. The number of benzene rings is 2. The lowest BCUT2D eigenvalue weighted by molar-refractivity contribution is -0.121. The number of fused-ring (bicyclic) bond motifs is 1. The number of nitrogens with one attached hydrogen (secondary N) is 1. The molecule has 4 nitrogen and oxygen atoms in total. The molecule has 0 spiro atoms. The fourth-order valence-electron chi connectivity index (χ4n) is 3.72. The number of amides is 1. The largest absolute Gasteiger partial charge is 0.496 e. The second-order valence-electron chi connectivity index (χ2n) is 7.00. The predicted octanol–water partition coefficient (Wildman–Crippen LogP) is 4.64. The maximum atomic E-state index is 12.4. The van der Waals surface area contributed by atoms with Gasteiger partial charge in [0.15, 0.2) is 0 Å². The van der Waals surface area contributed by atoms with E-state index in [1.807, 2.05) is 19.2 Å². The van der Waals surface area contributed by atoms with Crippen molar-refractivity contribution in [3.05, 3.63) is 71.6 Å². The van der Waals surface area contributed by atoms with Crippen LogP contribution in [-0.4, -0.2) is 18.0 Å². The van der Waals surface area contributed by atoms with Gasteiger partial charge in [-0.15, -0.1) is 0 Å². The number of ether oxygens (including phenoxy) is 1. The minimum Gasteiger partial charge on any atom is -0.496 e. The molecule has 1 N–H and O–H groups in total. The Labute approximate surface area is 158 Å². The highest BCUT2D eigenvalue weighted by Crippen LogP contribution is 2.38. The molecule has 2 heterocycles. The van der Waals surface area contributed by atoms with Gasteiger partial charge in [-0.3, -0.25) is 9.78 Å². The van der Waals surface area contributed by atoms with E-state index in [0.29, 0.717) is 6.42 Å². The first kappa shape index (κ1) is 17.3. The number of aromatic nitrogens is 1. The molecule has 136 valence electrons. The van der Waals surface area contributed by atoms with Gasteiger partial charge in [-0.05, 0) is 43.7 Å². The first-order valence-corrected chi connectivity index (χ1v) is 9.08. The van der Waals surface area contributed by atoms with Gasteiger partial charge >= 0.3 is 0 Å². The molecule has 3 aromatic rings. The third-order valence-corrected chi connectivity index (χ3v) is 5.15. The quantitative estimate of drug-likeness (QED) is 0.742. The Morgan fingerprint density at radius 2 is 1.89 bits per heavy atom. The van der Waals surface area contributed by atoms with Crippen LogP contribution >= 0.6 is 0 Å². The summed E-state index contributed by atoms with van der Waals surface area (Å²) in [5.41, 5.74) is 5.18. The average Bonchev–Trinajstić information content (AvgIpc) is 2.68. The number of hydrogen-bond donors (Lipinski definition) is 1. The van der Waals surface area contributed by atoms with Gasteiger partial charge in [-0.2, -0.15) is 0 Å². The summed E-state index contributed by atoms with van der Waals surface area (Å²) in [5.74, 6) is 0.636. The smallest absolute Gasteiger partial charge is 0.231 e. The van der Waals surface area contributed by atoms with Crippen molar-refractivity contribution in [1.82, 2.24) is 10.3 Å². The molecule has 1 aliphatic rings. The summed E-state index contributed by atoms with van der Waals surface area (Å²) in [7, 11) is 1.68. The van der Waals surface area contributed by atoms with Crippen LogP contribution in [0, 0.1) is 13.8 Å². The highest BCUT2D eigenvalue weighted by molar-refractivity contribution is 5.98. The SMILES string of the molecule is COc1c(C)cc(C2CC=CNC2=O)c2cnc(-c3ccc(C)cc3)cc12. The van der Waals surface area contributed by atoms with Crippen LogP contribution in [0.25, 0.3) is 22.0 Å². The van der Waals surface area contributed by atoms with Crippen LogP contribution in [0.4, 0.5) is 0 Å². The molecule has 0 aliphatic carbocycles. The molecular formula is C23H22N2O2. The fourth-order valence-corrected chi connectivity index (χ4v) is 3.72. The Morgan fingerprint density at radius 1 is 1.11 bits per heavy atom. The zero-order valence-electron chi connectivity index (χ0n) is 15.7. The van der Waals surface area contributed by atoms with Crippen molar-refractivity contribution < 1.29 is 9.53 Å². The zero-order chi connectivity index (χ0) is 19.0. The van der Waals surface area contributed by atoms with E-state index < -0.39 is 0 Å².